The van der Waals surface area contributed by atoms with Gasteiger partial charge < -0.3 is 19.8 Å². The van der Waals surface area contributed by atoms with Crippen molar-refractivity contribution in [3.8, 4) is 11.3 Å². The number of methoxy groups -OCH3 is 1. The van der Waals surface area contributed by atoms with Crippen molar-refractivity contribution in [3.05, 3.63) is 58.9 Å². The standard InChI is InChI=1S/C28H33FN2O4/c1-28(2,3)35-27(33)30-16-19-14-20(29)11-13-21(19)25-24(17-8-6-5-7-9-17)22-12-10-18(26(32)34-4)15-23(22)31-25/h10-15,17,31H,5-9,16H2,1-4H3,(H,30,33). The van der Waals surface area contributed by atoms with E-state index in [0.717, 1.165) is 47.8 Å². The van der Waals surface area contributed by atoms with Crippen LogP contribution in [0.2, 0.25) is 0 Å². The number of aromatic amines is 1. The van der Waals surface area contributed by atoms with Gasteiger partial charge in [0.2, 0.25) is 0 Å². The number of rotatable bonds is 5. The minimum absolute atomic E-state index is 0.120. The summed E-state index contributed by atoms with van der Waals surface area (Å²) in [5.74, 6) is -0.419. The number of esters is 1. The van der Waals surface area contributed by atoms with Gasteiger partial charge in [-0.05, 0) is 81.0 Å². The van der Waals surface area contributed by atoms with Gasteiger partial charge in [-0.25, -0.2) is 14.0 Å². The van der Waals surface area contributed by atoms with Crippen LogP contribution in [0.15, 0.2) is 36.4 Å². The van der Waals surface area contributed by atoms with Crippen LogP contribution in [0.5, 0.6) is 0 Å². The van der Waals surface area contributed by atoms with E-state index in [9.17, 15) is 14.0 Å². The second-order valence-electron chi connectivity index (χ2n) is 10.2. The zero-order valence-corrected chi connectivity index (χ0v) is 20.8. The molecule has 1 amide bonds. The molecule has 2 N–H and O–H groups in total. The average Bonchev–Trinajstić information content (AvgIpc) is 3.20. The first kappa shape index (κ1) is 24.8. The van der Waals surface area contributed by atoms with E-state index in [2.05, 4.69) is 10.3 Å². The number of amides is 1. The summed E-state index contributed by atoms with van der Waals surface area (Å²) >= 11 is 0. The Morgan fingerprint density at radius 3 is 2.51 bits per heavy atom. The Bertz CT molecular complexity index is 1240. The topological polar surface area (TPSA) is 80.4 Å². The molecule has 1 heterocycles. The number of carbonyl (C=O) groups excluding carboxylic acids is 2. The maximum atomic E-state index is 14.3. The van der Waals surface area contributed by atoms with Crippen molar-refractivity contribution in [1.82, 2.24) is 10.3 Å². The van der Waals surface area contributed by atoms with E-state index in [1.165, 1.54) is 31.2 Å². The van der Waals surface area contributed by atoms with Crippen molar-refractivity contribution < 1.29 is 23.5 Å². The van der Waals surface area contributed by atoms with Gasteiger partial charge in [0.25, 0.3) is 0 Å². The number of alkyl carbamates (subject to hydrolysis) is 1. The smallest absolute Gasteiger partial charge is 0.407 e. The molecule has 2 aromatic carbocycles. The van der Waals surface area contributed by atoms with Crippen LogP contribution in [0.4, 0.5) is 9.18 Å². The van der Waals surface area contributed by atoms with Crippen molar-refractivity contribution in [2.45, 2.75) is 70.9 Å². The number of benzene rings is 2. The third kappa shape index (κ3) is 5.66. The van der Waals surface area contributed by atoms with E-state index < -0.39 is 17.7 Å². The van der Waals surface area contributed by atoms with Crippen molar-refractivity contribution in [2.24, 2.45) is 0 Å². The van der Waals surface area contributed by atoms with Gasteiger partial charge in [-0.2, -0.15) is 0 Å². The van der Waals surface area contributed by atoms with Crippen LogP contribution in [0.1, 0.15) is 80.3 Å². The van der Waals surface area contributed by atoms with E-state index in [1.54, 1.807) is 39.0 Å². The normalized spacial score (nSPS) is 14.7. The molecule has 1 aromatic heterocycles. The highest BCUT2D eigenvalue weighted by atomic mass is 19.1. The highest BCUT2D eigenvalue weighted by molar-refractivity contribution is 5.98. The average molecular weight is 481 g/mol. The summed E-state index contributed by atoms with van der Waals surface area (Å²) in [6.45, 7) is 5.51. The molecule has 1 aliphatic carbocycles. The number of hydrogen-bond acceptors (Lipinski definition) is 4. The number of hydrogen-bond donors (Lipinski definition) is 2. The van der Waals surface area contributed by atoms with Crippen LogP contribution in [0, 0.1) is 5.82 Å². The van der Waals surface area contributed by atoms with Crippen molar-refractivity contribution in [2.75, 3.05) is 7.11 Å². The van der Waals surface area contributed by atoms with Gasteiger partial charge in [0.05, 0.1) is 18.4 Å². The fourth-order valence-corrected chi connectivity index (χ4v) is 4.93. The monoisotopic (exact) mass is 480 g/mol. The molecule has 0 spiro atoms. The molecule has 6 nitrogen and oxygen atoms in total. The Hall–Kier alpha value is -3.35. The van der Waals surface area contributed by atoms with E-state index in [-0.39, 0.29) is 12.4 Å². The van der Waals surface area contributed by atoms with Crippen molar-refractivity contribution in [3.63, 3.8) is 0 Å². The fourth-order valence-electron chi connectivity index (χ4n) is 4.93. The molecule has 35 heavy (non-hydrogen) atoms. The molecule has 0 bridgehead atoms. The minimum atomic E-state index is -0.627. The quantitative estimate of drug-likeness (QED) is 0.392. The number of nitrogens with one attached hydrogen (secondary N) is 2. The molecule has 0 saturated heterocycles. The maximum Gasteiger partial charge on any atom is 0.407 e. The molecule has 3 aromatic rings. The summed E-state index contributed by atoms with van der Waals surface area (Å²) in [6, 6.07) is 10.2. The third-order valence-corrected chi connectivity index (χ3v) is 6.43. The van der Waals surface area contributed by atoms with Crippen LogP contribution >= 0.6 is 0 Å². The third-order valence-electron chi connectivity index (χ3n) is 6.43. The molecule has 1 saturated carbocycles. The highest BCUT2D eigenvalue weighted by Crippen LogP contribution is 2.43. The number of halogens is 1. The Balaban J connectivity index is 1.79. The van der Waals surface area contributed by atoms with Crippen LogP contribution in [0.25, 0.3) is 22.2 Å². The lowest BCUT2D eigenvalue weighted by atomic mass is 9.81. The van der Waals surface area contributed by atoms with Crippen LogP contribution in [-0.2, 0) is 16.0 Å². The predicted molar refractivity (Wildman–Crippen MR) is 134 cm³/mol. The minimum Gasteiger partial charge on any atom is -0.465 e. The van der Waals surface area contributed by atoms with Gasteiger partial charge in [0.15, 0.2) is 0 Å². The largest absolute Gasteiger partial charge is 0.465 e. The Labute approximate surface area is 205 Å². The summed E-state index contributed by atoms with van der Waals surface area (Å²) < 4.78 is 24.5. The van der Waals surface area contributed by atoms with E-state index >= 15 is 0 Å². The molecule has 1 aliphatic rings. The lowest BCUT2D eigenvalue weighted by molar-refractivity contribution is 0.0522. The first-order valence-corrected chi connectivity index (χ1v) is 12.2. The molecule has 186 valence electrons. The van der Waals surface area contributed by atoms with Crippen LogP contribution in [0.3, 0.4) is 0 Å². The Kier molecular flexibility index (Phi) is 7.15. The predicted octanol–water partition coefficient (Wildman–Crippen LogP) is 6.83. The summed E-state index contributed by atoms with van der Waals surface area (Å²) in [4.78, 5) is 27.9. The molecule has 0 atom stereocenters. The number of fused-ring (bicyclic) bond motifs is 1. The molecule has 0 aliphatic heterocycles. The van der Waals surface area contributed by atoms with Crippen molar-refractivity contribution >= 4 is 23.0 Å². The first-order valence-electron chi connectivity index (χ1n) is 12.2. The van der Waals surface area contributed by atoms with Crippen molar-refractivity contribution in [1.29, 1.82) is 0 Å². The second-order valence-corrected chi connectivity index (χ2v) is 10.2. The molecule has 0 radical (unpaired) electrons. The molecule has 4 rings (SSSR count). The van der Waals surface area contributed by atoms with Crippen LogP contribution < -0.4 is 5.32 Å². The number of ether oxygens (including phenoxy) is 2. The van der Waals surface area contributed by atoms with Gasteiger partial charge >= 0.3 is 12.1 Å². The zero-order valence-electron chi connectivity index (χ0n) is 20.8. The molecular formula is C28H33FN2O4. The van der Waals surface area contributed by atoms with Gasteiger partial charge in [0.1, 0.15) is 11.4 Å². The molecule has 1 fully saturated rings. The summed E-state index contributed by atoms with van der Waals surface area (Å²) in [6.07, 6.45) is 5.14. The maximum absolute atomic E-state index is 14.3. The Morgan fingerprint density at radius 1 is 1.09 bits per heavy atom. The number of carbonyl (C=O) groups is 2. The van der Waals surface area contributed by atoms with Gasteiger partial charge in [-0.3, -0.25) is 0 Å². The molecule has 0 unspecified atom stereocenters. The number of aromatic nitrogens is 1. The van der Waals surface area contributed by atoms with E-state index in [4.69, 9.17) is 9.47 Å². The molecular weight excluding hydrogens is 447 g/mol. The van der Waals surface area contributed by atoms with E-state index in [0.29, 0.717) is 17.0 Å². The lowest BCUT2D eigenvalue weighted by Gasteiger charge is -2.24. The highest BCUT2D eigenvalue weighted by Gasteiger charge is 2.26. The molecule has 7 heteroatoms. The van der Waals surface area contributed by atoms with Gasteiger partial charge in [-0.1, -0.05) is 25.3 Å². The van der Waals surface area contributed by atoms with Crippen LogP contribution in [-0.4, -0.2) is 29.8 Å². The summed E-state index contributed by atoms with van der Waals surface area (Å²) in [7, 11) is 1.36. The first-order chi connectivity index (χ1) is 16.7. The Morgan fingerprint density at radius 2 is 1.83 bits per heavy atom. The summed E-state index contributed by atoms with van der Waals surface area (Å²) in [5.41, 5.74) is 4.22. The number of H-pyrrole nitrogens is 1. The van der Waals surface area contributed by atoms with Gasteiger partial charge in [0, 0.05) is 23.0 Å². The fraction of sp³-hybridized carbons (Fsp3) is 0.429. The zero-order chi connectivity index (χ0) is 25.2. The van der Waals surface area contributed by atoms with E-state index in [1.807, 2.05) is 6.07 Å². The second kappa shape index (κ2) is 10.1. The summed E-state index contributed by atoms with van der Waals surface area (Å²) in [5, 5.41) is 3.81. The lowest BCUT2D eigenvalue weighted by Crippen LogP contribution is -2.32. The SMILES string of the molecule is COC(=O)c1ccc2c(C3CCCCC3)c(-c3ccc(F)cc3CNC(=O)OC(C)(C)C)[nH]c2c1. The van der Waals surface area contributed by atoms with Gasteiger partial charge in [-0.15, -0.1) is 0 Å².